The summed E-state index contributed by atoms with van der Waals surface area (Å²) in [6.45, 7) is 2.11. The molecule has 0 saturated heterocycles. The van der Waals surface area contributed by atoms with E-state index in [1.165, 1.54) is 36.6 Å². The van der Waals surface area contributed by atoms with E-state index in [2.05, 4.69) is 31.2 Å². The largest absolute Gasteiger partial charge is 0.459 e. The van der Waals surface area contributed by atoms with Gasteiger partial charge in [0.15, 0.2) is 0 Å². The van der Waals surface area contributed by atoms with Gasteiger partial charge in [0.25, 0.3) is 0 Å². The third kappa shape index (κ3) is 1.81. The molecule has 2 heteroatoms. The van der Waals surface area contributed by atoms with Crippen molar-refractivity contribution in [2.75, 3.05) is 0 Å². The highest BCUT2D eigenvalue weighted by molar-refractivity contribution is 5.78. The van der Waals surface area contributed by atoms with Crippen LogP contribution in [0.5, 0.6) is 0 Å². The SMILES string of the molecule is Cc1ccc2oc(C(N)C3C4CCCCC43)cc2c1. The molecule has 2 fully saturated rings. The van der Waals surface area contributed by atoms with E-state index in [9.17, 15) is 0 Å². The van der Waals surface area contributed by atoms with Crippen LogP contribution in [-0.4, -0.2) is 0 Å². The van der Waals surface area contributed by atoms with Crippen LogP contribution in [0.4, 0.5) is 0 Å². The number of fused-ring (bicyclic) bond motifs is 2. The quantitative estimate of drug-likeness (QED) is 0.874. The van der Waals surface area contributed by atoms with Crippen molar-refractivity contribution in [3.63, 3.8) is 0 Å². The lowest BCUT2D eigenvalue weighted by atomic mass is 10.0. The fourth-order valence-corrected chi connectivity index (χ4v) is 4.12. The predicted molar refractivity (Wildman–Crippen MR) is 76.8 cm³/mol. The second-order valence-corrected chi connectivity index (χ2v) is 6.41. The van der Waals surface area contributed by atoms with Gasteiger partial charge in [-0.2, -0.15) is 0 Å². The Hall–Kier alpha value is -1.28. The van der Waals surface area contributed by atoms with E-state index in [1.807, 2.05) is 0 Å². The van der Waals surface area contributed by atoms with E-state index in [0.717, 1.165) is 23.2 Å². The molecule has 1 heterocycles. The molecule has 0 amide bonds. The van der Waals surface area contributed by atoms with Gasteiger partial charge >= 0.3 is 0 Å². The molecule has 2 N–H and O–H groups in total. The predicted octanol–water partition coefficient (Wildman–Crippen LogP) is 4.18. The zero-order chi connectivity index (χ0) is 13.0. The summed E-state index contributed by atoms with van der Waals surface area (Å²) >= 11 is 0. The minimum absolute atomic E-state index is 0.0980. The standard InChI is InChI=1S/C17H21NO/c1-10-6-7-14-11(8-10)9-15(19-14)17(18)16-12-4-2-3-5-13(12)16/h6-9,12-13,16-17H,2-5,18H2,1H3. The molecule has 0 aliphatic heterocycles. The molecule has 19 heavy (non-hydrogen) atoms. The Kier molecular flexibility index (Phi) is 2.49. The van der Waals surface area contributed by atoms with E-state index in [0.29, 0.717) is 5.92 Å². The molecule has 3 atom stereocenters. The van der Waals surface area contributed by atoms with Crippen LogP contribution in [0.25, 0.3) is 11.0 Å². The Balaban J connectivity index is 1.63. The lowest BCUT2D eigenvalue weighted by Gasteiger charge is -2.07. The molecule has 0 radical (unpaired) electrons. The maximum absolute atomic E-state index is 6.47. The maximum Gasteiger partial charge on any atom is 0.134 e. The van der Waals surface area contributed by atoms with Crippen LogP contribution >= 0.6 is 0 Å². The summed E-state index contributed by atoms with van der Waals surface area (Å²) in [4.78, 5) is 0. The van der Waals surface area contributed by atoms with Gasteiger partial charge in [-0.25, -0.2) is 0 Å². The van der Waals surface area contributed by atoms with Crippen molar-refractivity contribution < 1.29 is 4.42 Å². The summed E-state index contributed by atoms with van der Waals surface area (Å²) in [5, 5.41) is 1.19. The molecule has 2 aliphatic rings. The maximum atomic E-state index is 6.47. The summed E-state index contributed by atoms with van der Waals surface area (Å²) in [6.07, 6.45) is 5.54. The van der Waals surface area contributed by atoms with Crippen LogP contribution in [0.1, 0.15) is 43.0 Å². The third-order valence-electron chi connectivity index (χ3n) is 5.16. The third-order valence-corrected chi connectivity index (χ3v) is 5.16. The molecule has 1 aromatic heterocycles. The number of nitrogens with two attached hydrogens (primary N) is 1. The van der Waals surface area contributed by atoms with Crippen LogP contribution in [0.2, 0.25) is 0 Å². The van der Waals surface area contributed by atoms with E-state index < -0.39 is 0 Å². The van der Waals surface area contributed by atoms with Gasteiger partial charge < -0.3 is 10.2 Å². The van der Waals surface area contributed by atoms with Gasteiger partial charge in [0, 0.05) is 5.39 Å². The highest BCUT2D eigenvalue weighted by Gasteiger charge is 2.54. The van der Waals surface area contributed by atoms with Crippen molar-refractivity contribution in [3.05, 3.63) is 35.6 Å². The first-order valence-electron chi connectivity index (χ1n) is 7.50. The molecule has 0 spiro atoms. The van der Waals surface area contributed by atoms with Crippen LogP contribution in [0.15, 0.2) is 28.7 Å². The number of rotatable bonds is 2. The first-order chi connectivity index (χ1) is 9.24. The van der Waals surface area contributed by atoms with Crippen molar-refractivity contribution in [2.45, 2.75) is 38.6 Å². The summed E-state index contributed by atoms with van der Waals surface area (Å²) in [5.74, 6) is 3.40. The highest BCUT2D eigenvalue weighted by Crippen LogP contribution is 2.59. The molecule has 2 aromatic rings. The van der Waals surface area contributed by atoms with Gasteiger partial charge in [0.1, 0.15) is 11.3 Å². The molecule has 2 aliphatic carbocycles. The zero-order valence-electron chi connectivity index (χ0n) is 11.4. The minimum Gasteiger partial charge on any atom is -0.459 e. The summed E-state index contributed by atoms with van der Waals surface area (Å²) in [6, 6.07) is 8.58. The number of hydrogen-bond acceptors (Lipinski definition) is 2. The fourth-order valence-electron chi connectivity index (χ4n) is 4.12. The molecule has 4 rings (SSSR count). The lowest BCUT2D eigenvalue weighted by molar-refractivity contribution is 0.443. The minimum atomic E-state index is 0.0980. The number of hydrogen-bond donors (Lipinski definition) is 1. The van der Waals surface area contributed by atoms with E-state index in [4.69, 9.17) is 10.2 Å². The first kappa shape index (κ1) is 11.5. The monoisotopic (exact) mass is 255 g/mol. The van der Waals surface area contributed by atoms with E-state index >= 15 is 0 Å². The van der Waals surface area contributed by atoms with Crippen molar-refractivity contribution in [3.8, 4) is 0 Å². The normalized spacial score (nSPS) is 31.2. The smallest absolute Gasteiger partial charge is 0.134 e. The van der Waals surface area contributed by atoms with Gasteiger partial charge in [-0.05, 0) is 55.7 Å². The highest BCUT2D eigenvalue weighted by atomic mass is 16.3. The zero-order valence-corrected chi connectivity index (χ0v) is 11.4. The molecule has 2 saturated carbocycles. The topological polar surface area (TPSA) is 39.2 Å². The summed E-state index contributed by atoms with van der Waals surface area (Å²) in [7, 11) is 0. The van der Waals surface area contributed by atoms with E-state index in [-0.39, 0.29) is 6.04 Å². The summed E-state index contributed by atoms with van der Waals surface area (Å²) in [5.41, 5.74) is 8.71. The number of furan rings is 1. The van der Waals surface area contributed by atoms with Gasteiger partial charge in [-0.1, -0.05) is 24.5 Å². The molecular formula is C17H21NO. The van der Waals surface area contributed by atoms with Crippen molar-refractivity contribution in [1.29, 1.82) is 0 Å². The van der Waals surface area contributed by atoms with Gasteiger partial charge in [0.2, 0.25) is 0 Å². The van der Waals surface area contributed by atoms with Crippen LogP contribution < -0.4 is 5.73 Å². The molecule has 0 bridgehead atoms. The first-order valence-corrected chi connectivity index (χ1v) is 7.50. The Bertz CT molecular complexity index is 603. The second-order valence-electron chi connectivity index (χ2n) is 6.41. The van der Waals surface area contributed by atoms with Crippen molar-refractivity contribution >= 4 is 11.0 Å². The number of benzene rings is 1. The number of aryl methyl sites for hydroxylation is 1. The molecular weight excluding hydrogens is 234 g/mol. The van der Waals surface area contributed by atoms with Gasteiger partial charge in [-0.3, -0.25) is 0 Å². The van der Waals surface area contributed by atoms with Crippen LogP contribution in [-0.2, 0) is 0 Å². The summed E-state index contributed by atoms with van der Waals surface area (Å²) < 4.78 is 5.97. The molecule has 2 nitrogen and oxygen atoms in total. The van der Waals surface area contributed by atoms with Gasteiger partial charge in [-0.15, -0.1) is 0 Å². The Morgan fingerprint density at radius 3 is 2.63 bits per heavy atom. The van der Waals surface area contributed by atoms with Crippen LogP contribution in [0.3, 0.4) is 0 Å². The second kappa shape index (κ2) is 4.11. The average Bonchev–Trinajstić information content (AvgIpc) is 2.99. The fraction of sp³-hybridized carbons (Fsp3) is 0.529. The van der Waals surface area contributed by atoms with Gasteiger partial charge in [0.05, 0.1) is 6.04 Å². The molecule has 1 aromatic carbocycles. The van der Waals surface area contributed by atoms with E-state index in [1.54, 1.807) is 0 Å². The van der Waals surface area contributed by atoms with Crippen molar-refractivity contribution in [2.24, 2.45) is 23.5 Å². The van der Waals surface area contributed by atoms with Crippen LogP contribution in [0, 0.1) is 24.7 Å². The lowest BCUT2D eigenvalue weighted by Crippen LogP contribution is -2.13. The Morgan fingerprint density at radius 2 is 1.89 bits per heavy atom. The van der Waals surface area contributed by atoms with Crippen molar-refractivity contribution in [1.82, 2.24) is 0 Å². The average molecular weight is 255 g/mol. The molecule has 3 unspecified atom stereocenters. The Morgan fingerprint density at radius 1 is 1.16 bits per heavy atom. The Labute approximate surface area is 114 Å². The molecule has 100 valence electrons.